The summed E-state index contributed by atoms with van der Waals surface area (Å²) in [5, 5.41) is 34.1. The molecule has 2 aromatic heterocycles. The Bertz CT molecular complexity index is 4120. The summed E-state index contributed by atoms with van der Waals surface area (Å²) in [6.07, 6.45) is 0. The van der Waals surface area contributed by atoms with Gasteiger partial charge in [0.2, 0.25) is 0 Å². The molecular formula is C62H34N4. The summed E-state index contributed by atoms with van der Waals surface area (Å²) in [6, 6.07) is 78.8. The smallest absolute Gasteiger partial charge is 0.0992 e. The minimum atomic E-state index is 0.654. The highest BCUT2D eigenvalue weighted by Gasteiger charge is 2.23. The molecule has 0 fully saturated rings. The highest BCUT2D eigenvalue weighted by Crippen LogP contribution is 2.47. The van der Waals surface area contributed by atoms with Crippen molar-refractivity contribution in [2.75, 3.05) is 0 Å². The van der Waals surface area contributed by atoms with Crippen molar-refractivity contribution in [3.05, 3.63) is 217 Å². The predicted octanol–water partition coefficient (Wildman–Crippen LogP) is 16.1. The van der Waals surface area contributed by atoms with Crippen molar-refractivity contribution in [1.29, 1.82) is 10.5 Å². The van der Waals surface area contributed by atoms with Crippen LogP contribution in [0.25, 0.3) is 131 Å². The van der Waals surface area contributed by atoms with Crippen LogP contribution in [-0.4, -0.2) is 9.13 Å². The van der Waals surface area contributed by atoms with E-state index in [2.05, 4.69) is 191 Å². The lowest BCUT2D eigenvalue weighted by atomic mass is 9.87. The van der Waals surface area contributed by atoms with E-state index in [9.17, 15) is 10.5 Å². The molecule has 0 bridgehead atoms. The van der Waals surface area contributed by atoms with Crippen molar-refractivity contribution in [1.82, 2.24) is 9.13 Å². The zero-order valence-corrected chi connectivity index (χ0v) is 35.4. The van der Waals surface area contributed by atoms with Crippen LogP contribution in [0.4, 0.5) is 0 Å². The molecule has 0 atom stereocenters. The summed E-state index contributed by atoms with van der Waals surface area (Å²) >= 11 is 0. The van der Waals surface area contributed by atoms with Gasteiger partial charge in [-0.05, 0) is 149 Å². The van der Waals surface area contributed by atoms with Gasteiger partial charge in [0, 0.05) is 32.9 Å². The Morgan fingerprint density at radius 1 is 0.288 bits per heavy atom. The zero-order chi connectivity index (χ0) is 43.6. The van der Waals surface area contributed by atoms with Crippen LogP contribution >= 0.6 is 0 Å². The van der Waals surface area contributed by atoms with Crippen LogP contribution in [0.3, 0.4) is 0 Å². The third kappa shape index (κ3) is 5.07. The van der Waals surface area contributed by atoms with Crippen LogP contribution in [0.1, 0.15) is 11.1 Å². The lowest BCUT2D eigenvalue weighted by Crippen LogP contribution is -1.94. The van der Waals surface area contributed by atoms with Crippen LogP contribution in [0.5, 0.6) is 0 Å². The molecule has 0 aliphatic rings. The van der Waals surface area contributed by atoms with Crippen LogP contribution < -0.4 is 0 Å². The fourth-order valence-corrected chi connectivity index (χ4v) is 11.3. The molecule has 302 valence electrons. The third-order valence-electron chi connectivity index (χ3n) is 14.0. The van der Waals surface area contributed by atoms with Gasteiger partial charge in [0.25, 0.3) is 0 Å². The van der Waals surface area contributed by atoms with Crippen molar-refractivity contribution in [3.63, 3.8) is 0 Å². The van der Waals surface area contributed by atoms with E-state index >= 15 is 0 Å². The normalized spacial score (nSPS) is 11.9. The first kappa shape index (κ1) is 36.3. The van der Waals surface area contributed by atoms with Gasteiger partial charge in [-0.15, -0.1) is 0 Å². The Morgan fingerprint density at radius 3 is 0.985 bits per heavy atom. The van der Waals surface area contributed by atoms with Gasteiger partial charge in [-0.2, -0.15) is 10.5 Å². The molecule has 14 rings (SSSR count). The molecule has 66 heavy (non-hydrogen) atoms. The monoisotopic (exact) mass is 834 g/mol. The van der Waals surface area contributed by atoms with E-state index in [1.54, 1.807) is 0 Å². The van der Waals surface area contributed by atoms with Crippen LogP contribution in [-0.2, 0) is 0 Å². The molecule has 0 unspecified atom stereocenters. The maximum absolute atomic E-state index is 10.0. The number of benzene rings is 12. The van der Waals surface area contributed by atoms with Crippen LogP contribution in [0.2, 0.25) is 0 Å². The van der Waals surface area contributed by atoms with Gasteiger partial charge in [0.1, 0.15) is 0 Å². The van der Waals surface area contributed by atoms with Crippen molar-refractivity contribution in [3.8, 4) is 56.9 Å². The van der Waals surface area contributed by atoms with Gasteiger partial charge >= 0.3 is 0 Å². The fourth-order valence-electron chi connectivity index (χ4n) is 11.3. The maximum atomic E-state index is 10.0. The van der Waals surface area contributed by atoms with Crippen molar-refractivity contribution in [2.45, 2.75) is 0 Å². The Kier molecular flexibility index (Phi) is 7.50. The van der Waals surface area contributed by atoms with Gasteiger partial charge in [-0.3, -0.25) is 0 Å². The Labute approximate surface area is 378 Å². The molecule has 0 saturated carbocycles. The molecule has 0 N–H and O–H groups in total. The standard InChI is InChI=1S/C62H34N4/c63-35-37-27-39-19-21-41-31-43(33-57-61(41)59(39)55(29-37)65(57)45-11-3-1-4-12-45)47-23-25-53(51-17-9-7-15-49(47)51)54-26-24-48(50-16-8-10-18-52(50)54)44-32-42-22-20-40-28-38(36-64)30-56-60(40)62(42)58(34-44)66(56)46-13-5-2-6-14-46/h1-34H. The summed E-state index contributed by atoms with van der Waals surface area (Å²) in [6.45, 7) is 0. The molecule has 0 amide bonds. The van der Waals surface area contributed by atoms with Gasteiger partial charge in [-0.1, -0.05) is 133 Å². The first-order valence-corrected chi connectivity index (χ1v) is 22.3. The number of para-hydroxylation sites is 2. The van der Waals surface area contributed by atoms with Crippen molar-refractivity contribution in [2.24, 2.45) is 0 Å². The average Bonchev–Trinajstić information content (AvgIpc) is 3.90. The zero-order valence-electron chi connectivity index (χ0n) is 35.4. The lowest BCUT2D eigenvalue weighted by Gasteiger charge is -2.17. The minimum Gasteiger partial charge on any atom is -0.309 e. The van der Waals surface area contributed by atoms with E-state index in [-0.39, 0.29) is 0 Å². The maximum Gasteiger partial charge on any atom is 0.0992 e. The molecule has 0 aliphatic carbocycles. The number of hydrogen-bond acceptors (Lipinski definition) is 2. The average molecular weight is 835 g/mol. The molecule has 0 saturated heterocycles. The SMILES string of the molecule is N#Cc1cc2ccc3cc(-c4ccc(-c5ccc(-c6cc7ccc8cc(C#N)cc9c8c7c(c6)n9-c6ccccc6)c6ccccc56)c5ccccc45)cc4c3c2c(c1)n4-c1ccccc1. The van der Waals surface area contributed by atoms with E-state index in [1.165, 1.54) is 76.1 Å². The molecule has 4 heteroatoms. The van der Waals surface area contributed by atoms with Gasteiger partial charge < -0.3 is 9.13 Å². The number of hydrogen-bond donors (Lipinski definition) is 0. The molecule has 4 nitrogen and oxygen atoms in total. The molecule has 14 aromatic rings. The molecule has 0 spiro atoms. The van der Waals surface area contributed by atoms with Crippen molar-refractivity contribution >= 4 is 86.7 Å². The summed E-state index contributed by atoms with van der Waals surface area (Å²) in [5.74, 6) is 0. The topological polar surface area (TPSA) is 57.4 Å². The Morgan fingerprint density at radius 2 is 0.606 bits per heavy atom. The Hall–Kier alpha value is -9.22. The van der Waals surface area contributed by atoms with Crippen LogP contribution in [0, 0.1) is 22.7 Å². The summed E-state index contributed by atoms with van der Waals surface area (Å²) < 4.78 is 4.65. The largest absolute Gasteiger partial charge is 0.309 e. The van der Waals surface area contributed by atoms with E-state index in [0.717, 1.165) is 55.3 Å². The molecular weight excluding hydrogens is 801 g/mol. The summed E-state index contributed by atoms with van der Waals surface area (Å²) in [7, 11) is 0. The highest BCUT2D eigenvalue weighted by molar-refractivity contribution is 6.27. The second-order valence-electron chi connectivity index (χ2n) is 17.5. The Balaban J connectivity index is 0.961. The number of nitriles is 2. The van der Waals surface area contributed by atoms with E-state index in [4.69, 9.17) is 0 Å². The quantitative estimate of drug-likeness (QED) is 0.162. The van der Waals surface area contributed by atoms with Crippen LogP contribution in [0.15, 0.2) is 206 Å². The number of nitrogens with zero attached hydrogens (tertiary/aromatic N) is 4. The molecule has 0 aliphatic heterocycles. The predicted molar refractivity (Wildman–Crippen MR) is 273 cm³/mol. The van der Waals surface area contributed by atoms with E-state index in [0.29, 0.717) is 11.1 Å². The first-order valence-electron chi connectivity index (χ1n) is 22.3. The second-order valence-corrected chi connectivity index (χ2v) is 17.5. The molecule has 12 aromatic carbocycles. The first-order chi connectivity index (χ1) is 32.6. The van der Waals surface area contributed by atoms with E-state index < -0.39 is 0 Å². The minimum absolute atomic E-state index is 0.654. The number of aromatic nitrogens is 2. The van der Waals surface area contributed by atoms with E-state index in [1.807, 2.05) is 36.4 Å². The fraction of sp³-hybridized carbons (Fsp3) is 0. The molecule has 0 radical (unpaired) electrons. The lowest BCUT2D eigenvalue weighted by molar-refractivity contribution is 1.18. The summed E-state index contributed by atoms with van der Waals surface area (Å²) in [4.78, 5) is 0. The summed E-state index contributed by atoms with van der Waals surface area (Å²) in [5.41, 5.74) is 14.8. The number of fused-ring (bicyclic) bond motifs is 2. The van der Waals surface area contributed by atoms with Gasteiger partial charge in [0.05, 0.1) is 45.3 Å². The molecule has 2 heterocycles. The third-order valence-corrected chi connectivity index (χ3v) is 14.0. The van der Waals surface area contributed by atoms with Gasteiger partial charge in [0.15, 0.2) is 0 Å². The second kappa shape index (κ2) is 13.6. The van der Waals surface area contributed by atoms with Gasteiger partial charge in [-0.25, -0.2) is 0 Å². The highest BCUT2D eigenvalue weighted by atomic mass is 15.0. The number of rotatable bonds is 5. The van der Waals surface area contributed by atoms with Crippen molar-refractivity contribution < 1.29 is 0 Å².